The summed E-state index contributed by atoms with van der Waals surface area (Å²) in [6.45, 7) is 1.42. The Labute approximate surface area is 178 Å². The molecule has 2 aliphatic heterocycles. The summed E-state index contributed by atoms with van der Waals surface area (Å²) in [5, 5.41) is 3.39. The molecule has 0 aliphatic carbocycles. The number of amides is 2. The molecule has 0 aromatic heterocycles. The van der Waals surface area contributed by atoms with Gasteiger partial charge in [-0.05, 0) is 29.8 Å². The first kappa shape index (κ1) is 19.9. The molecule has 4 rings (SSSR count). The molecule has 8 heteroatoms. The molecule has 0 bridgehead atoms. The van der Waals surface area contributed by atoms with E-state index < -0.39 is 6.04 Å². The minimum Gasteiger partial charge on any atom is -0.489 e. The number of ether oxygens (including phenoxy) is 2. The number of rotatable bonds is 4. The van der Waals surface area contributed by atoms with Crippen LogP contribution in [0, 0.1) is 0 Å². The molecule has 0 radical (unpaired) electrons. The first-order valence-electron chi connectivity index (χ1n) is 9.43. The Morgan fingerprint density at radius 3 is 2.79 bits per heavy atom. The van der Waals surface area contributed by atoms with Gasteiger partial charge in [-0.1, -0.05) is 29.8 Å². The van der Waals surface area contributed by atoms with Crippen LogP contribution in [0.4, 0.5) is 0 Å². The Hall–Kier alpha value is -2.38. The van der Waals surface area contributed by atoms with E-state index in [1.54, 1.807) is 34.9 Å². The fourth-order valence-electron chi connectivity index (χ4n) is 3.30. The minimum absolute atomic E-state index is 0.130. The summed E-state index contributed by atoms with van der Waals surface area (Å²) in [6, 6.07) is 12.1. The Morgan fingerprint density at radius 1 is 1.17 bits per heavy atom. The molecule has 1 fully saturated rings. The van der Waals surface area contributed by atoms with Crippen molar-refractivity contribution in [3.63, 3.8) is 0 Å². The Balaban J connectivity index is 1.42. The molecule has 2 amide bonds. The van der Waals surface area contributed by atoms with Crippen LogP contribution >= 0.6 is 23.4 Å². The van der Waals surface area contributed by atoms with Gasteiger partial charge < -0.3 is 19.7 Å². The second kappa shape index (κ2) is 8.97. The zero-order chi connectivity index (χ0) is 20.2. The smallest absolute Gasteiger partial charge is 0.255 e. The zero-order valence-electron chi connectivity index (χ0n) is 15.7. The molecule has 152 valence electrons. The summed E-state index contributed by atoms with van der Waals surface area (Å²) in [5.41, 5.74) is 1.40. The lowest BCUT2D eigenvalue weighted by molar-refractivity contribution is -0.124. The topological polar surface area (TPSA) is 67.9 Å². The van der Waals surface area contributed by atoms with Crippen molar-refractivity contribution in [2.75, 3.05) is 24.8 Å². The SMILES string of the molecule is O=C(NCc1cc(Cl)c2c(c1)OCCCO2)C1CSCN1C(=O)c1ccccc1. The molecule has 1 unspecified atom stereocenters. The lowest BCUT2D eigenvalue weighted by atomic mass is 10.1. The summed E-state index contributed by atoms with van der Waals surface area (Å²) in [7, 11) is 0. The highest BCUT2D eigenvalue weighted by Crippen LogP contribution is 2.38. The van der Waals surface area contributed by atoms with Crippen LogP contribution in [0.1, 0.15) is 22.3 Å². The molecule has 1 atom stereocenters. The van der Waals surface area contributed by atoms with Gasteiger partial charge in [0.2, 0.25) is 5.91 Å². The van der Waals surface area contributed by atoms with Crippen molar-refractivity contribution in [3.05, 3.63) is 58.6 Å². The van der Waals surface area contributed by atoms with Crippen LogP contribution in [0.5, 0.6) is 11.5 Å². The van der Waals surface area contributed by atoms with Crippen molar-refractivity contribution in [2.45, 2.75) is 19.0 Å². The van der Waals surface area contributed by atoms with E-state index in [1.807, 2.05) is 24.3 Å². The summed E-state index contributed by atoms with van der Waals surface area (Å²) in [4.78, 5) is 27.2. The summed E-state index contributed by atoms with van der Waals surface area (Å²) < 4.78 is 11.3. The van der Waals surface area contributed by atoms with Crippen LogP contribution in [0.15, 0.2) is 42.5 Å². The minimum atomic E-state index is -0.497. The molecule has 2 heterocycles. The van der Waals surface area contributed by atoms with E-state index in [4.69, 9.17) is 21.1 Å². The molecule has 2 aromatic rings. The van der Waals surface area contributed by atoms with Crippen LogP contribution in [0.3, 0.4) is 0 Å². The van der Waals surface area contributed by atoms with Gasteiger partial charge in [0.05, 0.1) is 24.1 Å². The predicted molar refractivity (Wildman–Crippen MR) is 113 cm³/mol. The first-order valence-corrected chi connectivity index (χ1v) is 11.0. The normalized spacial score (nSPS) is 18.2. The maximum absolute atomic E-state index is 12.8. The number of halogens is 1. The number of carbonyl (C=O) groups excluding carboxylic acids is 2. The maximum atomic E-state index is 12.8. The molecule has 1 N–H and O–H groups in total. The summed E-state index contributed by atoms with van der Waals surface area (Å²) in [5.74, 6) is 1.91. The quantitative estimate of drug-likeness (QED) is 0.802. The molecule has 2 aliphatic rings. The van der Waals surface area contributed by atoms with Crippen molar-refractivity contribution in [2.24, 2.45) is 0 Å². The summed E-state index contributed by atoms with van der Waals surface area (Å²) >= 11 is 7.89. The number of thioether (sulfide) groups is 1. The van der Waals surface area contributed by atoms with E-state index in [0.717, 1.165) is 12.0 Å². The van der Waals surface area contributed by atoms with E-state index in [9.17, 15) is 9.59 Å². The number of benzene rings is 2. The third-order valence-electron chi connectivity index (χ3n) is 4.80. The fourth-order valence-corrected chi connectivity index (χ4v) is 4.74. The molecular weight excluding hydrogens is 412 g/mol. The van der Waals surface area contributed by atoms with Crippen LogP contribution in [-0.4, -0.2) is 47.6 Å². The van der Waals surface area contributed by atoms with E-state index in [1.165, 1.54) is 0 Å². The van der Waals surface area contributed by atoms with Gasteiger partial charge in [-0.3, -0.25) is 9.59 Å². The standard InChI is InChI=1S/C21H21ClN2O4S/c22-16-9-14(10-18-19(16)28-8-4-7-27-18)11-23-20(25)17-12-29-13-24(17)21(26)15-5-2-1-3-6-15/h1-3,5-6,9-10,17H,4,7-8,11-13H2,(H,23,25). The van der Waals surface area contributed by atoms with E-state index in [2.05, 4.69) is 5.32 Å². The highest BCUT2D eigenvalue weighted by Gasteiger charge is 2.35. The lowest BCUT2D eigenvalue weighted by Crippen LogP contribution is -2.47. The molecular formula is C21H21ClN2O4S. The highest BCUT2D eigenvalue weighted by molar-refractivity contribution is 7.99. The van der Waals surface area contributed by atoms with Gasteiger partial charge in [0, 0.05) is 24.3 Å². The second-order valence-electron chi connectivity index (χ2n) is 6.83. The van der Waals surface area contributed by atoms with Crippen molar-refractivity contribution >= 4 is 35.2 Å². The number of nitrogens with one attached hydrogen (secondary N) is 1. The largest absolute Gasteiger partial charge is 0.489 e. The number of hydrogen-bond donors (Lipinski definition) is 1. The third-order valence-corrected chi connectivity index (χ3v) is 6.09. The van der Waals surface area contributed by atoms with Gasteiger partial charge in [0.1, 0.15) is 6.04 Å². The summed E-state index contributed by atoms with van der Waals surface area (Å²) in [6.07, 6.45) is 0.793. The second-order valence-corrected chi connectivity index (χ2v) is 8.24. The maximum Gasteiger partial charge on any atom is 0.255 e. The number of fused-ring (bicyclic) bond motifs is 1. The zero-order valence-corrected chi connectivity index (χ0v) is 17.3. The van der Waals surface area contributed by atoms with Gasteiger partial charge in [-0.25, -0.2) is 0 Å². The fraction of sp³-hybridized carbons (Fsp3) is 0.333. The molecule has 6 nitrogen and oxygen atoms in total. The van der Waals surface area contributed by atoms with Crippen LogP contribution in [0.25, 0.3) is 0 Å². The van der Waals surface area contributed by atoms with Crippen LogP contribution in [-0.2, 0) is 11.3 Å². The van der Waals surface area contributed by atoms with Crippen LogP contribution < -0.4 is 14.8 Å². The number of carbonyl (C=O) groups is 2. The van der Waals surface area contributed by atoms with Gasteiger partial charge in [-0.2, -0.15) is 0 Å². The van der Waals surface area contributed by atoms with Crippen molar-refractivity contribution < 1.29 is 19.1 Å². The van der Waals surface area contributed by atoms with E-state index in [0.29, 0.717) is 53.5 Å². The molecule has 0 spiro atoms. The molecule has 0 saturated carbocycles. The van der Waals surface area contributed by atoms with Gasteiger partial charge in [0.25, 0.3) is 5.91 Å². The molecule has 1 saturated heterocycles. The third kappa shape index (κ3) is 4.46. The van der Waals surface area contributed by atoms with Crippen molar-refractivity contribution in [1.82, 2.24) is 10.2 Å². The van der Waals surface area contributed by atoms with Crippen LogP contribution in [0.2, 0.25) is 5.02 Å². The Bertz CT molecular complexity index is 909. The van der Waals surface area contributed by atoms with Crippen molar-refractivity contribution in [3.8, 4) is 11.5 Å². The Kier molecular flexibility index (Phi) is 6.16. The molecule has 29 heavy (non-hydrogen) atoms. The van der Waals surface area contributed by atoms with Gasteiger partial charge >= 0.3 is 0 Å². The van der Waals surface area contributed by atoms with Gasteiger partial charge in [-0.15, -0.1) is 11.8 Å². The lowest BCUT2D eigenvalue weighted by Gasteiger charge is -2.23. The Morgan fingerprint density at radius 2 is 1.97 bits per heavy atom. The highest BCUT2D eigenvalue weighted by atomic mass is 35.5. The van der Waals surface area contributed by atoms with Gasteiger partial charge in [0.15, 0.2) is 11.5 Å². The monoisotopic (exact) mass is 432 g/mol. The van der Waals surface area contributed by atoms with E-state index >= 15 is 0 Å². The van der Waals surface area contributed by atoms with Crippen molar-refractivity contribution in [1.29, 1.82) is 0 Å². The number of hydrogen-bond acceptors (Lipinski definition) is 5. The number of nitrogens with zero attached hydrogens (tertiary/aromatic N) is 1. The van der Waals surface area contributed by atoms with E-state index in [-0.39, 0.29) is 11.8 Å². The first-order chi connectivity index (χ1) is 14.1. The molecule has 2 aromatic carbocycles. The average molecular weight is 433 g/mol. The predicted octanol–water partition coefficient (Wildman–Crippen LogP) is 3.33. The average Bonchev–Trinajstić information content (AvgIpc) is 3.11.